The second-order valence-electron chi connectivity index (χ2n) is 23.8. The maximum Gasteiger partial charge on any atom is 0.330 e. The number of benzene rings is 3. The predicted molar refractivity (Wildman–Crippen MR) is 353 cm³/mol. The van der Waals surface area contributed by atoms with E-state index in [0.717, 1.165) is 152 Å². The van der Waals surface area contributed by atoms with Gasteiger partial charge in [0.15, 0.2) is 34.0 Å². The third-order valence-corrected chi connectivity index (χ3v) is 17.4. The highest BCUT2D eigenvalue weighted by Gasteiger charge is 2.29. The summed E-state index contributed by atoms with van der Waals surface area (Å²) in [7, 11) is 3.51. The standard InChI is InChI=1S/C24H27N5O2.2C22H26N6O/c1-16-12-21(28-11-7-8-18(14-28)13-17(2)30)22-23(26-16)27(4)24(31)29(22)15-19-9-5-6-10-20(19)25-3;1-4-17-12-19(27-11-7-9-16(23)14-27)20-21(25-17)26(3)22(29)28(20)13-15-8-5-6-10-18(15)24-2;1-4-27-21-20(19(12-15(2)25-21)26-11-7-9-17(23)14-26)28(22(27)29)13-16-8-5-6-10-18(16)24-3/h5-6,9-10,12,18H,7-8,11,13-15H2,1-2,4H3;5-6,8,10,12,16H,4,7,9,11,13-14,23H2,1,3H3;5-6,8,10,12,17H,4,7,9,11,13-14,23H2,1-2H3/t18-;16-;17-/m011/s1. The molecule has 12 rings (SSSR count). The number of ketones is 1. The van der Waals surface area contributed by atoms with Gasteiger partial charge in [0.25, 0.3) is 0 Å². The van der Waals surface area contributed by atoms with Crippen LogP contribution in [0.2, 0.25) is 0 Å². The minimum atomic E-state index is -0.147. The van der Waals surface area contributed by atoms with Gasteiger partial charge in [0, 0.05) is 115 Å². The summed E-state index contributed by atoms with van der Waals surface area (Å²) in [5.74, 6) is 0.539. The number of fused-ring (bicyclic) bond motifs is 3. The van der Waals surface area contributed by atoms with Crippen LogP contribution in [0.4, 0.5) is 34.1 Å². The molecule has 9 heterocycles. The Hall–Kier alpha value is -9.62. The lowest BCUT2D eigenvalue weighted by atomic mass is 9.93. The number of nitrogens with zero attached hydrogens (tertiary/aromatic N) is 15. The van der Waals surface area contributed by atoms with E-state index in [4.69, 9.17) is 41.2 Å². The van der Waals surface area contributed by atoms with Crippen LogP contribution in [0, 0.1) is 39.5 Å². The van der Waals surface area contributed by atoms with Gasteiger partial charge >= 0.3 is 17.1 Å². The minimum absolute atomic E-state index is 0.0945. The number of hydrogen-bond acceptors (Lipinski definition) is 12. The monoisotopic (exact) mass is 1200 g/mol. The zero-order valence-corrected chi connectivity index (χ0v) is 52.1. The molecule has 460 valence electrons. The highest BCUT2D eigenvalue weighted by atomic mass is 16.2. The van der Waals surface area contributed by atoms with Crippen LogP contribution in [0.1, 0.15) is 99.5 Å². The summed E-state index contributed by atoms with van der Waals surface area (Å²) in [6.07, 6.45) is 7.54. The molecule has 3 aliphatic heterocycles. The molecule has 3 aliphatic rings. The Balaban J connectivity index is 0.000000147. The van der Waals surface area contributed by atoms with Crippen molar-refractivity contribution in [3.8, 4) is 0 Å². The van der Waals surface area contributed by atoms with Crippen LogP contribution >= 0.6 is 0 Å². The molecule has 3 aromatic carbocycles. The van der Waals surface area contributed by atoms with Crippen molar-refractivity contribution in [3.63, 3.8) is 0 Å². The van der Waals surface area contributed by atoms with Gasteiger partial charge in [-0.25, -0.2) is 43.9 Å². The molecule has 0 aliphatic carbocycles. The third kappa shape index (κ3) is 13.0. The number of Topliss-reactive ketones (excluding diaryl/α,β-unsaturated/α-hetero) is 1. The largest absolute Gasteiger partial charge is 0.369 e. The third-order valence-electron chi connectivity index (χ3n) is 17.4. The fourth-order valence-corrected chi connectivity index (χ4v) is 13.0. The second-order valence-corrected chi connectivity index (χ2v) is 23.8. The van der Waals surface area contributed by atoms with E-state index in [1.54, 1.807) is 66.6 Å². The number of carbonyl (C=O) groups excluding carboxylic acids is 1. The maximum absolute atomic E-state index is 13.3. The SMILES string of the molecule is [C-]#[N+]c1ccccc1Cn1c(=O)n(C)c2nc(C)cc(N3CCC[C@@H](CC(C)=O)C3)c21.[C-]#[N+]c1ccccc1Cn1c(=O)n(C)c2nc(CC)cc(N3CCC[C@@H](N)C3)c21.[C-]#[N+]c1ccccc1Cn1c(=O)n(CC)c2nc(C)cc(N3CCC[C@@H](N)C3)c21. The van der Waals surface area contributed by atoms with Gasteiger partial charge in [-0.2, -0.15) is 0 Å². The lowest BCUT2D eigenvalue weighted by molar-refractivity contribution is -0.117. The van der Waals surface area contributed by atoms with Crippen molar-refractivity contribution in [2.75, 3.05) is 54.0 Å². The second kappa shape index (κ2) is 27.2. The molecular weight excluding hydrogens is 1120 g/mol. The topological polar surface area (TPSA) is 211 Å². The summed E-state index contributed by atoms with van der Waals surface area (Å²) in [4.78, 5) is 83.2. The number of aryl methyl sites for hydroxylation is 6. The van der Waals surface area contributed by atoms with Crippen LogP contribution in [-0.4, -0.2) is 99.5 Å². The molecule has 9 aromatic rings. The molecule has 89 heavy (non-hydrogen) atoms. The molecule has 6 aromatic heterocycles. The molecule has 0 saturated carbocycles. The van der Waals surface area contributed by atoms with E-state index in [2.05, 4.69) is 53.3 Å². The number of pyridine rings is 3. The highest BCUT2D eigenvalue weighted by Crippen LogP contribution is 2.35. The number of piperidine rings is 3. The number of anilines is 3. The summed E-state index contributed by atoms with van der Waals surface area (Å²) in [5, 5.41) is 0. The van der Waals surface area contributed by atoms with Gasteiger partial charge in [0.1, 0.15) is 22.3 Å². The smallest absolute Gasteiger partial charge is 0.330 e. The van der Waals surface area contributed by atoms with Crippen molar-refractivity contribution in [2.45, 2.75) is 124 Å². The Labute approximate surface area is 518 Å². The van der Waals surface area contributed by atoms with Crippen LogP contribution in [0.5, 0.6) is 0 Å². The minimum Gasteiger partial charge on any atom is -0.369 e. The first-order valence-electron chi connectivity index (χ1n) is 30.8. The first-order chi connectivity index (χ1) is 42.9. The Bertz CT molecular complexity index is 4440. The molecule has 3 saturated heterocycles. The van der Waals surface area contributed by atoms with E-state index >= 15 is 0 Å². The van der Waals surface area contributed by atoms with Gasteiger partial charge in [-0.15, -0.1) is 0 Å². The Morgan fingerprint density at radius 2 is 0.933 bits per heavy atom. The van der Waals surface area contributed by atoms with Crippen molar-refractivity contribution >= 4 is 73.4 Å². The number of nitrogens with two attached hydrogens (primary N) is 2. The summed E-state index contributed by atoms with van der Waals surface area (Å²) in [5.41, 5.74) is 26.5. The Kier molecular flexibility index (Phi) is 19.1. The lowest BCUT2D eigenvalue weighted by Gasteiger charge is -2.34. The summed E-state index contributed by atoms with van der Waals surface area (Å²) >= 11 is 0. The maximum atomic E-state index is 13.3. The first kappa shape index (κ1) is 62.4. The van der Waals surface area contributed by atoms with Gasteiger partial charge in [-0.1, -0.05) is 79.7 Å². The predicted octanol–water partition coefficient (Wildman–Crippen LogP) is 9.71. The van der Waals surface area contributed by atoms with Gasteiger partial charge in [0.2, 0.25) is 0 Å². The molecule has 21 nitrogen and oxygen atoms in total. The Morgan fingerprint density at radius 3 is 1.36 bits per heavy atom. The normalized spacial score (nSPS) is 16.7. The summed E-state index contributed by atoms with van der Waals surface area (Å²) in [6.45, 7) is 38.5. The van der Waals surface area contributed by atoms with Crippen LogP contribution < -0.4 is 43.2 Å². The zero-order chi connectivity index (χ0) is 63.2. The van der Waals surface area contributed by atoms with E-state index in [1.165, 1.54) is 0 Å². The Morgan fingerprint density at radius 1 is 0.539 bits per heavy atom. The van der Waals surface area contributed by atoms with Crippen LogP contribution in [-0.2, 0) is 51.5 Å². The van der Waals surface area contributed by atoms with E-state index < -0.39 is 0 Å². The average Bonchev–Trinajstić information content (AvgIpc) is 1.69. The fraction of sp³-hybridized carbons (Fsp3) is 0.412. The number of aromatic nitrogens is 9. The molecular formula is C68H79N17O4. The van der Waals surface area contributed by atoms with Crippen molar-refractivity contribution < 1.29 is 4.79 Å². The number of imidazole rings is 3. The fourth-order valence-electron chi connectivity index (χ4n) is 13.0. The van der Waals surface area contributed by atoms with E-state index in [-0.39, 0.29) is 34.9 Å². The van der Waals surface area contributed by atoms with Gasteiger partial charge in [-0.05, 0) is 113 Å². The molecule has 0 spiro atoms. The van der Waals surface area contributed by atoms with Crippen molar-refractivity contribution in [1.82, 2.24) is 42.4 Å². The number of para-hydroxylation sites is 3. The molecule has 0 radical (unpaired) electrons. The highest BCUT2D eigenvalue weighted by molar-refractivity contribution is 5.90. The lowest BCUT2D eigenvalue weighted by Crippen LogP contribution is -2.43. The zero-order valence-electron chi connectivity index (χ0n) is 52.1. The molecule has 3 atom stereocenters. The summed E-state index contributed by atoms with van der Waals surface area (Å²) in [6, 6.07) is 28.7. The molecule has 0 unspecified atom stereocenters. The van der Waals surface area contributed by atoms with E-state index in [1.807, 2.05) is 81.4 Å². The van der Waals surface area contributed by atoms with Crippen molar-refractivity contribution in [3.05, 3.63) is 190 Å². The van der Waals surface area contributed by atoms with E-state index in [9.17, 15) is 19.2 Å². The van der Waals surface area contributed by atoms with Crippen LogP contribution in [0.3, 0.4) is 0 Å². The van der Waals surface area contributed by atoms with Gasteiger partial charge in [-0.3, -0.25) is 27.4 Å². The van der Waals surface area contributed by atoms with Crippen LogP contribution in [0.25, 0.3) is 48.0 Å². The van der Waals surface area contributed by atoms with Crippen LogP contribution in [0.15, 0.2) is 105 Å². The van der Waals surface area contributed by atoms with Gasteiger partial charge < -0.3 is 31.0 Å². The molecule has 0 bridgehead atoms. The first-order valence-corrected chi connectivity index (χ1v) is 30.8. The number of hydrogen-bond donors (Lipinski definition) is 2. The molecule has 3 fully saturated rings. The summed E-state index contributed by atoms with van der Waals surface area (Å²) < 4.78 is 10.2. The molecule has 4 N–H and O–H groups in total. The quantitative estimate of drug-likeness (QED) is 0.103. The number of carbonyl (C=O) groups is 1. The van der Waals surface area contributed by atoms with E-state index in [0.29, 0.717) is 72.5 Å². The molecule has 21 heteroatoms. The number of rotatable bonds is 13. The average molecular weight is 1200 g/mol. The van der Waals surface area contributed by atoms with Gasteiger partial charge in [0.05, 0.1) is 36.8 Å². The van der Waals surface area contributed by atoms with Crippen molar-refractivity contribution in [1.29, 1.82) is 0 Å². The van der Waals surface area contributed by atoms with Crippen molar-refractivity contribution in [2.24, 2.45) is 31.5 Å². The molecule has 0 amide bonds.